The van der Waals surface area contributed by atoms with Crippen molar-refractivity contribution in [1.29, 1.82) is 0 Å². The molecule has 1 N–H and O–H groups in total. The molecule has 5 rings (SSSR count). The third kappa shape index (κ3) is 5.51. The molecule has 0 atom stereocenters. The number of halogens is 1. The molecule has 2 saturated heterocycles. The number of hydrogen-bond acceptors (Lipinski definition) is 5. The van der Waals surface area contributed by atoms with Crippen LogP contribution in [-0.4, -0.2) is 77.6 Å². The number of nitrogens with zero attached hydrogens (tertiary/aromatic N) is 4. The first-order chi connectivity index (χ1) is 19.3. The molecule has 3 heterocycles. The van der Waals surface area contributed by atoms with Gasteiger partial charge in [-0.1, -0.05) is 37.6 Å². The van der Waals surface area contributed by atoms with Crippen LogP contribution in [0, 0.1) is 23.1 Å². The summed E-state index contributed by atoms with van der Waals surface area (Å²) in [7, 11) is 0. The van der Waals surface area contributed by atoms with Gasteiger partial charge in [0, 0.05) is 62.2 Å². The van der Waals surface area contributed by atoms with Gasteiger partial charge in [0.15, 0.2) is 0 Å². The van der Waals surface area contributed by atoms with Crippen LogP contribution in [0.25, 0.3) is 10.9 Å². The van der Waals surface area contributed by atoms with Gasteiger partial charge in [-0.25, -0.2) is 4.39 Å². The molecular weight excluding hydrogens is 507 g/mol. The van der Waals surface area contributed by atoms with Crippen LogP contribution in [0.4, 0.5) is 10.1 Å². The van der Waals surface area contributed by atoms with Crippen LogP contribution < -0.4 is 4.90 Å². The lowest BCUT2D eigenvalue weighted by molar-refractivity contribution is -0.134. The van der Waals surface area contributed by atoms with Crippen molar-refractivity contribution in [3.63, 3.8) is 0 Å². The van der Waals surface area contributed by atoms with E-state index < -0.39 is 0 Å². The van der Waals surface area contributed by atoms with Gasteiger partial charge >= 0.3 is 0 Å². The van der Waals surface area contributed by atoms with Crippen molar-refractivity contribution in [2.24, 2.45) is 17.3 Å². The molecule has 0 unspecified atom stereocenters. The van der Waals surface area contributed by atoms with E-state index >= 15 is 0 Å². The highest BCUT2D eigenvalue weighted by Gasteiger charge is 2.40. The highest BCUT2D eigenvalue weighted by molar-refractivity contribution is 6.07. The van der Waals surface area contributed by atoms with E-state index in [2.05, 4.69) is 29.8 Å². The topological polar surface area (TPSA) is 77.0 Å². The van der Waals surface area contributed by atoms with Crippen LogP contribution in [0.5, 0.6) is 0 Å². The molecule has 1 saturated carbocycles. The molecule has 0 spiro atoms. The number of aliphatic hydroxyl groups is 1. The summed E-state index contributed by atoms with van der Waals surface area (Å²) in [4.78, 5) is 36.8. The number of hydrogen-bond donors (Lipinski definition) is 1. The van der Waals surface area contributed by atoms with E-state index in [1.54, 1.807) is 17.2 Å². The molecule has 0 bridgehead atoms. The average molecular weight is 549 g/mol. The lowest BCUT2D eigenvalue weighted by Crippen LogP contribution is -2.51. The zero-order valence-corrected chi connectivity index (χ0v) is 23.9. The molecule has 1 aromatic carbocycles. The summed E-state index contributed by atoms with van der Waals surface area (Å²) in [5, 5.41) is 11.2. The Balaban J connectivity index is 1.44. The van der Waals surface area contributed by atoms with Crippen molar-refractivity contribution in [3.8, 4) is 0 Å². The SMILES string of the molecule is C/C=C\C=C(/C(C)C)C1(CO)CCN(c2c(C(=O)N3CCN(C(=O)C4CC4)CC3)cnc3ccc(F)cc23)CC1. The fourth-order valence-corrected chi connectivity index (χ4v) is 6.41. The van der Waals surface area contributed by atoms with Crippen molar-refractivity contribution in [1.82, 2.24) is 14.8 Å². The lowest BCUT2D eigenvalue weighted by Gasteiger charge is -2.45. The predicted octanol–water partition coefficient (Wildman–Crippen LogP) is 4.81. The van der Waals surface area contributed by atoms with E-state index in [1.165, 1.54) is 17.7 Å². The first-order valence-electron chi connectivity index (χ1n) is 14.6. The van der Waals surface area contributed by atoms with Gasteiger partial charge in [-0.15, -0.1) is 0 Å². The molecule has 8 heteroatoms. The standard InChI is InChI=1S/C32H41FN4O3/c1-4-5-6-27(22(2)3)32(21-38)11-13-35(14-12-32)29-25-19-24(33)9-10-28(25)34-20-26(29)31(40)37-17-15-36(16-18-37)30(39)23-7-8-23/h4-6,9-10,19-20,22-23,38H,7-8,11-18,21H2,1-3H3/b5-4-,27-6+. The number of aromatic nitrogens is 1. The van der Waals surface area contributed by atoms with Gasteiger partial charge in [-0.05, 0) is 56.7 Å². The minimum Gasteiger partial charge on any atom is -0.395 e. The maximum absolute atomic E-state index is 14.5. The second-order valence-electron chi connectivity index (χ2n) is 11.8. The van der Waals surface area contributed by atoms with Gasteiger partial charge in [-0.3, -0.25) is 14.6 Å². The van der Waals surface area contributed by atoms with Crippen molar-refractivity contribution >= 4 is 28.4 Å². The number of amides is 2. The Bertz CT molecular complexity index is 1320. The summed E-state index contributed by atoms with van der Waals surface area (Å²) in [5.74, 6) is 0.156. The van der Waals surface area contributed by atoms with E-state index in [-0.39, 0.29) is 41.5 Å². The van der Waals surface area contributed by atoms with E-state index in [1.807, 2.05) is 24.0 Å². The van der Waals surface area contributed by atoms with Crippen molar-refractivity contribution in [2.75, 3.05) is 50.8 Å². The van der Waals surface area contributed by atoms with Gasteiger partial charge in [0.25, 0.3) is 5.91 Å². The zero-order valence-electron chi connectivity index (χ0n) is 23.9. The number of rotatable bonds is 7. The molecule has 40 heavy (non-hydrogen) atoms. The summed E-state index contributed by atoms with van der Waals surface area (Å²) >= 11 is 0. The maximum atomic E-state index is 14.5. The summed E-state index contributed by atoms with van der Waals surface area (Å²) in [6, 6.07) is 4.52. The number of piperidine rings is 1. The van der Waals surface area contributed by atoms with Crippen LogP contribution in [0.2, 0.25) is 0 Å². The van der Waals surface area contributed by atoms with Gasteiger partial charge in [0.1, 0.15) is 5.82 Å². The number of aliphatic hydroxyl groups excluding tert-OH is 1. The zero-order chi connectivity index (χ0) is 28.4. The first-order valence-corrected chi connectivity index (χ1v) is 14.6. The van der Waals surface area contributed by atoms with Crippen molar-refractivity contribution in [2.45, 2.75) is 46.5 Å². The third-order valence-corrected chi connectivity index (χ3v) is 8.88. The monoisotopic (exact) mass is 548 g/mol. The van der Waals surface area contributed by atoms with Crippen LogP contribution in [0.3, 0.4) is 0 Å². The Hall–Kier alpha value is -3.26. The highest BCUT2D eigenvalue weighted by Crippen LogP contribution is 2.44. The predicted molar refractivity (Wildman–Crippen MR) is 156 cm³/mol. The number of carbonyl (C=O) groups is 2. The summed E-state index contributed by atoms with van der Waals surface area (Å²) < 4.78 is 14.5. The molecule has 214 valence electrons. The Kier molecular flexibility index (Phi) is 8.26. The average Bonchev–Trinajstić information content (AvgIpc) is 3.82. The Labute approximate surface area is 236 Å². The molecule has 1 aromatic heterocycles. The summed E-state index contributed by atoms with van der Waals surface area (Å²) in [5.41, 5.74) is 2.70. The number of anilines is 1. The minimum atomic E-state index is -0.370. The van der Waals surface area contributed by atoms with Crippen LogP contribution >= 0.6 is 0 Å². The van der Waals surface area contributed by atoms with Gasteiger partial charge in [-0.2, -0.15) is 0 Å². The maximum Gasteiger partial charge on any atom is 0.257 e. The number of allylic oxidation sites excluding steroid dienone is 3. The van der Waals surface area contributed by atoms with E-state index in [9.17, 15) is 19.1 Å². The van der Waals surface area contributed by atoms with Crippen molar-refractivity contribution < 1.29 is 19.1 Å². The quantitative estimate of drug-likeness (QED) is 0.503. The molecule has 1 aliphatic carbocycles. The largest absolute Gasteiger partial charge is 0.395 e. The number of piperazine rings is 1. The smallest absolute Gasteiger partial charge is 0.257 e. The number of pyridine rings is 1. The van der Waals surface area contributed by atoms with Crippen LogP contribution in [0.15, 0.2) is 48.2 Å². The third-order valence-electron chi connectivity index (χ3n) is 8.88. The molecule has 3 fully saturated rings. The second kappa shape index (κ2) is 11.7. The number of benzene rings is 1. The van der Waals surface area contributed by atoms with Gasteiger partial charge < -0.3 is 19.8 Å². The minimum absolute atomic E-state index is 0.0593. The highest BCUT2D eigenvalue weighted by atomic mass is 19.1. The lowest BCUT2D eigenvalue weighted by atomic mass is 9.69. The summed E-state index contributed by atoms with van der Waals surface area (Å²) in [6.45, 7) is 9.62. The van der Waals surface area contributed by atoms with Gasteiger partial charge in [0.05, 0.1) is 23.4 Å². The Morgan fingerprint density at radius 1 is 1.10 bits per heavy atom. The fraction of sp³-hybridized carbons (Fsp3) is 0.531. The normalized spacial score (nSPS) is 20.1. The van der Waals surface area contributed by atoms with E-state index in [0.717, 1.165) is 25.7 Å². The second-order valence-corrected chi connectivity index (χ2v) is 11.8. The number of carbonyl (C=O) groups excluding carboxylic acids is 2. The fourth-order valence-electron chi connectivity index (χ4n) is 6.41. The molecule has 7 nitrogen and oxygen atoms in total. The van der Waals surface area contributed by atoms with E-state index in [4.69, 9.17) is 0 Å². The Morgan fingerprint density at radius 3 is 2.38 bits per heavy atom. The molecule has 0 radical (unpaired) electrons. The molecule has 2 amide bonds. The summed E-state index contributed by atoms with van der Waals surface area (Å²) in [6.07, 6.45) is 11.2. The van der Waals surface area contributed by atoms with E-state index in [0.29, 0.717) is 61.4 Å². The molecular formula is C32H41FN4O3. The first kappa shape index (κ1) is 28.3. The molecule has 2 aromatic rings. The van der Waals surface area contributed by atoms with Crippen molar-refractivity contribution in [3.05, 3.63) is 59.6 Å². The van der Waals surface area contributed by atoms with Crippen LogP contribution in [0.1, 0.15) is 56.8 Å². The molecule has 3 aliphatic rings. The van der Waals surface area contributed by atoms with Crippen LogP contribution in [-0.2, 0) is 4.79 Å². The van der Waals surface area contributed by atoms with Gasteiger partial charge in [0.2, 0.25) is 5.91 Å². The number of fused-ring (bicyclic) bond motifs is 1. The Morgan fingerprint density at radius 2 is 1.77 bits per heavy atom. The molecule has 2 aliphatic heterocycles.